The number of fused-ring (bicyclic) bond motifs is 3. The van der Waals surface area contributed by atoms with Gasteiger partial charge in [-0.05, 0) is 24.1 Å². The second-order valence-electron chi connectivity index (χ2n) is 4.86. The number of carboxylic acid groups (broad SMARTS) is 1. The molecular weight excluding hydrogens is 284 g/mol. The Labute approximate surface area is 126 Å². The van der Waals surface area contributed by atoms with Crippen LogP contribution < -0.4 is 9.47 Å². The van der Waals surface area contributed by atoms with Crippen molar-refractivity contribution in [2.24, 2.45) is 0 Å². The molecule has 0 fully saturated rings. The molecule has 2 aromatic heterocycles. The lowest BCUT2D eigenvalue weighted by molar-refractivity contribution is 0.0688. The highest BCUT2D eigenvalue weighted by Crippen LogP contribution is 2.39. The van der Waals surface area contributed by atoms with Crippen LogP contribution in [0.1, 0.15) is 23.0 Å². The van der Waals surface area contributed by atoms with Crippen LogP contribution in [0.5, 0.6) is 11.6 Å². The van der Waals surface area contributed by atoms with Crippen LogP contribution >= 0.6 is 0 Å². The molecule has 6 nitrogen and oxygen atoms in total. The first-order chi connectivity index (χ1) is 10.6. The van der Waals surface area contributed by atoms with E-state index < -0.39 is 5.97 Å². The molecule has 114 valence electrons. The number of nitrogens with one attached hydrogen (secondary N) is 1. The monoisotopic (exact) mass is 300 g/mol. The first kappa shape index (κ1) is 14.2. The molecule has 0 bridgehead atoms. The zero-order valence-electron chi connectivity index (χ0n) is 12.6. The van der Waals surface area contributed by atoms with Crippen molar-refractivity contribution in [1.82, 2.24) is 9.97 Å². The maximum absolute atomic E-state index is 11.5. The van der Waals surface area contributed by atoms with E-state index >= 15 is 0 Å². The molecular formula is C16H16N2O4. The number of aromatic amines is 1. The molecule has 0 saturated carbocycles. The van der Waals surface area contributed by atoms with Gasteiger partial charge in [0.15, 0.2) is 5.69 Å². The van der Waals surface area contributed by atoms with Gasteiger partial charge in [-0.15, -0.1) is 0 Å². The van der Waals surface area contributed by atoms with Crippen molar-refractivity contribution >= 4 is 27.8 Å². The van der Waals surface area contributed by atoms with E-state index in [-0.39, 0.29) is 11.6 Å². The van der Waals surface area contributed by atoms with E-state index in [9.17, 15) is 9.90 Å². The minimum atomic E-state index is -1.07. The molecule has 0 radical (unpaired) electrons. The van der Waals surface area contributed by atoms with Crippen molar-refractivity contribution in [2.45, 2.75) is 13.3 Å². The van der Waals surface area contributed by atoms with Gasteiger partial charge in [-0.2, -0.15) is 0 Å². The maximum atomic E-state index is 11.5. The number of aromatic carboxylic acids is 1. The van der Waals surface area contributed by atoms with Crippen molar-refractivity contribution in [1.29, 1.82) is 0 Å². The van der Waals surface area contributed by atoms with Gasteiger partial charge in [0.05, 0.1) is 19.7 Å². The van der Waals surface area contributed by atoms with Crippen LogP contribution in [-0.4, -0.2) is 35.3 Å². The van der Waals surface area contributed by atoms with Gasteiger partial charge in [-0.3, -0.25) is 0 Å². The Morgan fingerprint density at radius 3 is 2.64 bits per heavy atom. The second kappa shape index (κ2) is 5.22. The average Bonchev–Trinajstić information content (AvgIpc) is 2.92. The number of rotatable bonds is 4. The molecule has 0 saturated heterocycles. The number of hydrogen-bond acceptors (Lipinski definition) is 4. The van der Waals surface area contributed by atoms with Gasteiger partial charge in [-0.25, -0.2) is 9.78 Å². The normalized spacial score (nSPS) is 11.0. The number of hydrogen-bond donors (Lipinski definition) is 2. The van der Waals surface area contributed by atoms with Crippen LogP contribution in [0.25, 0.3) is 21.8 Å². The molecule has 0 aliphatic carbocycles. The van der Waals surface area contributed by atoms with Crippen LogP contribution in [0, 0.1) is 0 Å². The van der Waals surface area contributed by atoms with E-state index in [1.807, 2.05) is 25.1 Å². The Morgan fingerprint density at radius 2 is 2.05 bits per heavy atom. The standard InChI is InChI=1S/C16H16N2O4/c1-4-8-11-12-9(6-5-7-10(12)21-2)17-14(11)15(22-3)18-13(8)16(19)20/h5-7,17H,4H2,1-3H3,(H,19,20). The molecule has 22 heavy (non-hydrogen) atoms. The predicted molar refractivity (Wildman–Crippen MR) is 83.0 cm³/mol. The number of benzene rings is 1. The minimum absolute atomic E-state index is 0.0126. The highest BCUT2D eigenvalue weighted by molar-refractivity contribution is 6.15. The fourth-order valence-electron chi connectivity index (χ4n) is 2.86. The van der Waals surface area contributed by atoms with Crippen LogP contribution in [0.15, 0.2) is 18.2 Å². The van der Waals surface area contributed by atoms with Gasteiger partial charge in [0.25, 0.3) is 0 Å². The number of aryl methyl sites for hydroxylation is 1. The molecule has 0 atom stereocenters. The quantitative estimate of drug-likeness (QED) is 0.773. The zero-order valence-corrected chi connectivity index (χ0v) is 12.6. The van der Waals surface area contributed by atoms with E-state index in [4.69, 9.17) is 9.47 Å². The third-order valence-corrected chi connectivity index (χ3v) is 3.77. The molecule has 0 amide bonds. The summed E-state index contributed by atoms with van der Waals surface area (Å²) in [5.41, 5.74) is 2.22. The fourth-order valence-corrected chi connectivity index (χ4v) is 2.86. The molecule has 0 spiro atoms. The highest BCUT2D eigenvalue weighted by atomic mass is 16.5. The van der Waals surface area contributed by atoms with Crippen molar-refractivity contribution in [3.63, 3.8) is 0 Å². The minimum Gasteiger partial charge on any atom is -0.496 e. The summed E-state index contributed by atoms with van der Waals surface area (Å²) in [6, 6.07) is 5.64. The summed E-state index contributed by atoms with van der Waals surface area (Å²) >= 11 is 0. The molecule has 0 unspecified atom stereocenters. The van der Waals surface area contributed by atoms with E-state index in [1.54, 1.807) is 7.11 Å². The SMILES string of the molecule is CCc1c(C(=O)O)nc(OC)c2[nH]c3cccc(OC)c3c12. The van der Waals surface area contributed by atoms with Crippen LogP contribution in [-0.2, 0) is 6.42 Å². The topological polar surface area (TPSA) is 84.4 Å². The Kier molecular flexibility index (Phi) is 3.36. The molecule has 2 heterocycles. The number of methoxy groups -OCH3 is 2. The molecule has 3 aromatic rings. The number of nitrogens with zero attached hydrogens (tertiary/aromatic N) is 1. The van der Waals surface area contributed by atoms with Gasteiger partial charge in [-0.1, -0.05) is 13.0 Å². The lowest BCUT2D eigenvalue weighted by Crippen LogP contribution is -2.07. The van der Waals surface area contributed by atoms with E-state index in [2.05, 4.69) is 9.97 Å². The summed E-state index contributed by atoms with van der Waals surface area (Å²) in [6.45, 7) is 1.91. The lowest BCUT2D eigenvalue weighted by atomic mass is 10.0. The average molecular weight is 300 g/mol. The summed E-state index contributed by atoms with van der Waals surface area (Å²) in [6.07, 6.45) is 0.542. The molecule has 3 rings (SSSR count). The Morgan fingerprint density at radius 1 is 1.27 bits per heavy atom. The Balaban J connectivity index is 2.59. The summed E-state index contributed by atoms with van der Waals surface area (Å²) in [4.78, 5) is 18.9. The van der Waals surface area contributed by atoms with Crippen LogP contribution in [0.3, 0.4) is 0 Å². The third-order valence-electron chi connectivity index (χ3n) is 3.77. The maximum Gasteiger partial charge on any atom is 0.354 e. The largest absolute Gasteiger partial charge is 0.496 e. The third kappa shape index (κ3) is 1.88. The first-order valence-corrected chi connectivity index (χ1v) is 6.90. The van der Waals surface area contributed by atoms with Crippen molar-refractivity contribution in [2.75, 3.05) is 14.2 Å². The Hall–Kier alpha value is -2.76. The number of carbonyl (C=O) groups is 1. The molecule has 2 N–H and O–H groups in total. The van der Waals surface area contributed by atoms with Crippen molar-refractivity contribution < 1.29 is 19.4 Å². The fraction of sp³-hybridized carbons (Fsp3) is 0.250. The van der Waals surface area contributed by atoms with Crippen molar-refractivity contribution in [3.05, 3.63) is 29.5 Å². The van der Waals surface area contributed by atoms with E-state index in [0.29, 0.717) is 23.3 Å². The number of aromatic nitrogens is 2. The van der Waals surface area contributed by atoms with Crippen molar-refractivity contribution in [3.8, 4) is 11.6 Å². The van der Waals surface area contributed by atoms with Gasteiger partial charge in [0.2, 0.25) is 5.88 Å². The summed E-state index contributed by atoms with van der Waals surface area (Å²) in [5, 5.41) is 11.1. The van der Waals surface area contributed by atoms with Gasteiger partial charge < -0.3 is 19.6 Å². The van der Waals surface area contributed by atoms with Gasteiger partial charge in [0.1, 0.15) is 11.3 Å². The van der Waals surface area contributed by atoms with Crippen LogP contribution in [0.4, 0.5) is 0 Å². The Bertz CT molecular complexity index is 883. The summed E-state index contributed by atoms with van der Waals surface area (Å²) in [5.74, 6) is -0.118. The molecule has 0 aliphatic heterocycles. The van der Waals surface area contributed by atoms with Gasteiger partial charge >= 0.3 is 5.97 Å². The zero-order chi connectivity index (χ0) is 15.9. The first-order valence-electron chi connectivity index (χ1n) is 6.90. The number of pyridine rings is 1. The van der Waals surface area contributed by atoms with E-state index in [1.165, 1.54) is 7.11 Å². The highest BCUT2D eigenvalue weighted by Gasteiger charge is 2.23. The molecule has 1 aromatic carbocycles. The predicted octanol–water partition coefficient (Wildman–Crippen LogP) is 2.99. The smallest absolute Gasteiger partial charge is 0.354 e. The number of carboxylic acids is 1. The molecule has 0 aliphatic rings. The van der Waals surface area contributed by atoms with Crippen LogP contribution in [0.2, 0.25) is 0 Å². The number of H-pyrrole nitrogens is 1. The number of ether oxygens (including phenoxy) is 2. The molecule has 6 heteroatoms. The summed E-state index contributed by atoms with van der Waals surface area (Å²) < 4.78 is 10.7. The van der Waals surface area contributed by atoms with Gasteiger partial charge in [0, 0.05) is 10.8 Å². The second-order valence-corrected chi connectivity index (χ2v) is 4.86. The van der Waals surface area contributed by atoms with E-state index in [0.717, 1.165) is 16.3 Å². The summed E-state index contributed by atoms with van der Waals surface area (Å²) in [7, 11) is 3.07. The lowest BCUT2D eigenvalue weighted by Gasteiger charge is -2.09.